The Morgan fingerprint density at radius 2 is 1.68 bits per heavy atom. The van der Waals surface area contributed by atoms with E-state index in [9.17, 15) is 21.6 Å². The van der Waals surface area contributed by atoms with Crippen LogP contribution in [0.4, 0.5) is 5.69 Å². The first-order valence-corrected chi connectivity index (χ1v) is 12.6. The van der Waals surface area contributed by atoms with E-state index in [0.29, 0.717) is 18.7 Å². The third-order valence-electron chi connectivity index (χ3n) is 4.34. The highest BCUT2D eigenvalue weighted by Gasteiger charge is 2.23. The first-order chi connectivity index (χ1) is 14.4. The summed E-state index contributed by atoms with van der Waals surface area (Å²) in [4.78, 5) is 10.7. The van der Waals surface area contributed by atoms with E-state index in [2.05, 4.69) is 4.72 Å². The van der Waals surface area contributed by atoms with Gasteiger partial charge >= 0.3 is 0 Å². The minimum Gasteiger partial charge on any atom is -0.483 e. The summed E-state index contributed by atoms with van der Waals surface area (Å²) < 4.78 is 59.7. The summed E-state index contributed by atoms with van der Waals surface area (Å²) in [5, 5.41) is -0.0443. The van der Waals surface area contributed by atoms with Crippen molar-refractivity contribution >= 4 is 43.2 Å². The van der Waals surface area contributed by atoms with Gasteiger partial charge in [0, 0.05) is 24.8 Å². The monoisotopic (exact) mass is 489 g/mol. The van der Waals surface area contributed by atoms with Crippen LogP contribution in [0, 0.1) is 6.92 Å². The number of anilines is 1. The lowest BCUT2D eigenvalue weighted by Crippen LogP contribution is -2.30. The molecule has 3 N–H and O–H groups in total. The van der Waals surface area contributed by atoms with Crippen molar-refractivity contribution < 1.29 is 26.4 Å². The average molecular weight is 490 g/mol. The van der Waals surface area contributed by atoms with Gasteiger partial charge < -0.3 is 10.5 Å². The number of nitrogens with two attached hydrogens (primary N) is 1. The number of nitrogens with zero attached hydrogens (tertiary/aromatic N) is 1. The fourth-order valence-corrected chi connectivity index (χ4v) is 5.88. The highest BCUT2D eigenvalue weighted by molar-refractivity contribution is 7.92. The number of hydrogen-bond donors (Lipinski definition) is 2. The Labute approximate surface area is 187 Å². The van der Waals surface area contributed by atoms with E-state index in [4.69, 9.17) is 22.1 Å². The first kappa shape index (κ1) is 24.9. The molecule has 0 bridgehead atoms. The molecule has 0 unspecified atom stereocenters. The molecule has 9 nitrogen and oxygen atoms in total. The van der Waals surface area contributed by atoms with Crippen LogP contribution < -0.4 is 15.2 Å². The molecule has 0 aliphatic rings. The third-order valence-corrected chi connectivity index (χ3v) is 8.25. The van der Waals surface area contributed by atoms with E-state index in [0.717, 1.165) is 0 Å². The van der Waals surface area contributed by atoms with E-state index in [1.165, 1.54) is 40.7 Å². The Morgan fingerprint density at radius 3 is 2.19 bits per heavy atom. The van der Waals surface area contributed by atoms with Gasteiger partial charge in [0.2, 0.25) is 10.0 Å². The molecular formula is C19H24ClN3O6S2. The number of aryl methyl sites for hydroxylation is 1. The summed E-state index contributed by atoms with van der Waals surface area (Å²) in [7, 11) is -7.80. The second-order valence-electron chi connectivity index (χ2n) is 6.52. The van der Waals surface area contributed by atoms with Crippen molar-refractivity contribution in [3.8, 4) is 5.75 Å². The Kier molecular flexibility index (Phi) is 7.93. The molecule has 2 aromatic rings. The third kappa shape index (κ3) is 5.88. The van der Waals surface area contributed by atoms with Gasteiger partial charge in [0.05, 0.1) is 9.92 Å². The van der Waals surface area contributed by atoms with Gasteiger partial charge in [-0.1, -0.05) is 25.4 Å². The quantitative estimate of drug-likeness (QED) is 0.525. The molecule has 1 amide bonds. The minimum atomic E-state index is -4.13. The molecule has 2 rings (SSSR count). The molecule has 2 aromatic carbocycles. The van der Waals surface area contributed by atoms with E-state index in [1.807, 2.05) is 0 Å². The van der Waals surface area contributed by atoms with Gasteiger partial charge in [-0.2, -0.15) is 4.31 Å². The first-order valence-electron chi connectivity index (χ1n) is 9.26. The second kappa shape index (κ2) is 9.86. The van der Waals surface area contributed by atoms with E-state index in [1.54, 1.807) is 20.8 Å². The predicted molar refractivity (Wildman–Crippen MR) is 118 cm³/mol. The number of ether oxygens (including phenoxy) is 1. The van der Waals surface area contributed by atoms with Crippen molar-refractivity contribution in [2.24, 2.45) is 5.73 Å². The van der Waals surface area contributed by atoms with Crippen LogP contribution in [0.2, 0.25) is 5.02 Å². The lowest BCUT2D eigenvalue weighted by Gasteiger charge is -2.18. The Hall–Kier alpha value is -2.34. The summed E-state index contributed by atoms with van der Waals surface area (Å²) in [6.45, 7) is 5.32. The van der Waals surface area contributed by atoms with Crippen LogP contribution in [-0.4, -0.2) is 46.7 Å². The number of nitrogens with one attached hydrogen (secondary N) is 1. The fourth-order valence-electron chi connectivity index (χ4n) is 2.76. The van der Waals surface area contributed by atoms with Crippen LogP contribution in [0.1, 0.15) is 19.4 Å². The minimum absolute atomic E-state index is 0.0443. The summed E-state index contributed by atoms with van der Waals surface area (Å²) in [6, 6.07) is 7.93. The zero-order valence-corrected chi connectivity index (χ0v) is 19.6. The SMILES string of the molecule is CCN(CC)S(=O)(=O)c1ccc(NS(=O)(=O)c2cc(OCC(N)=O)c(C)cc2Cl)cc1. The van der Waals surface area contributed by atoms with Gasteiger partial charge in [-0.25, -0.2) is 16.8 Å². The smallest absolute Gasteiger partial charge is 0.263 e. The van der Waals surface area contributed by atoms with Gasteiger partial charge in [0.1, 0.15) is 10.6 Å². The highest BCUT2D eigenvalue weighted by atomic mass is 35.5. The van der Waals surface area contributed by atoms with Crippen molar-refractivity contribution in [2.45, 2.75) is 30.6 Å². The maximum Gasteiger partial charge on any atom is 0.263 e. The summed E-state index contributed by atoms with van der Waals surface area (Å²) >= 11 is 6.12. The zero-order valence-electron chi connectivity index (χ0n) is 17.3. The normalized spacial score (nSPS) is 12.0. The van der Waals surface area contributed by atoms with E-state index in [-0.39, 0.29) is 26.3 Å². The Morgan fingerprint density at radius 1 is 1.10 bits per heavy atom. The van der Waals surface area contributed by atoms with Crippen LogP contribution in [0.3, 0.4) is 0 Å². The highest BCUT2D eigenvalue weighted by Crippen LogP contribution is 2.31. The van der Waals surface area contributed by atoms with Crippen molar-refractivity contribution in [3.63, 3.8) is 0 Å². The lowest BCUT2D eigenvalue weighted by atomic mass is 10.2. The molecule has 0 aromatic heterocycles. The number of carbonyl (C=O) groups excluding carboxylic acids is 1. The van der Waals surface area contributed by atoms with E-state index < -0.39 is 32.6 Å². The number of halogens is 1. The van der Waals surface area contributed by atoms with Crippen molar-refractivity contribution in [2.75, 3.05) is 24.4 Å². The molecule has 0 saturated carbocycles. The molecule has 0 aliphatic heterocycles. The topological polar surface area (TPSA) is 136 Å². The summed E-state index contributed by atoms with van der Waals surface area (Å²) in [5.41, 5.74) is 5.73. The molecule has 0 spiro atoms. The molecule has 0 heterocycles. The zero-order chi connectivity index (χ0) is 23.4. The van der Waals surface area contributed by atoms with Gasteiger partial charge in [0.15, 0.2) is 6.61 Å². The maximum atomic E-state index is 12.8. The second-order valence-corrected chi connectivity index (χ2v) is 10.5. The van der Waals surface area contributed by atoms with Crippen molar-refractivity contribution in [1.82, 2.24) is 4.31 Å². The molecule has 0 saturated heterocycles. The number of benzene rings is 2. The summed E-state index contributed by atoms with van der Waals surface area (Å²) in [6.07, 6.45) is 0. The van der Waals surface area contributed by atoms with Crippen LogP contribution in [-0.2, 0) is 24.8 Å². The van der Waals surface area contributed by atoms with Gasteiger partial charge in [0.25, 0.3) is 15.9 Å². The molecule has 170 valence electrons. The van der Waals surface area contributed by atoms with E-state index >= 15 is 0 Å². The molecule has 12 heteroatoms. The number of rotatable bonds is 10. The van der Waals surface area contributed by atoms with Crippen molar-refractivity contribution in [1.29, 1.82) is 0 Å². The molecule has 0 atom stereocenters. The van der Waals surface area contributed by atoms with Crippen LogP contribution >= 0.6 is 11.6 Å². The standard InChI is InChI=1S/C19H24ClN3O6S2/c1-4-23(5-2)31(27,28)15-8-6-14(7-9-15)22-30(25,26)18-11-17(29-12-19(21)24)13(3)10-16(18)20/h6-11,22H,4-5,12H2,1-3H3,(H2,21,24). The molecule has 0 aliphatic carbocycles. The van der Waals surface area contributed by atoms with Crippen LogP contribution in [0.5, 0.6) is 5.75 Å². The van der Waals surface area contributed by atoms with Crippen LogP contribution in [0.25, 0.3) is 0 Å². The average Bonchev–Trinajstić information content (AvgIpc) is 2.67. The lowest BCUT2D eigenvalue weighted by molar-refractivity contribution is -0.119. The summed E-state index contributed by atoms with van der Waals surface area (Å²) in [5.74, 6) is -0.569. The van der Waals surface area contributed by atoms with Crippen LogP contribution in [0.15, 0.2) is 46.2 Å². The number of sulfonamides is 2. The molecule has 0 radical (unpaired) electrons. The number of amides is 1. The largest absolute Gasteiger partial charge is 0.483 e. The maximum absolute atomic E-state index is 12.8. The van der Waals surface area contributed by atoms with Gasteiger partial charge in [-0.05, 0) is 42.8 Å². The number of carbonyl (C=O) groups is 1. The number of hydrogen-bond acceptors (Lipinski definition) is 6. The fraction of sp³-hybridized carbons (Fsp3) is 0.316. The van der Waals surface area contributed by atoms with Gasteiger partial charge in [-0.15, -0.1) is 0 Å². The Balaban J connectivity index is 2.32. The Bertz CT molecular complexity index is 1160. The van der Waals surface area contributed by atoms with Gasteiger partial charge in [-0.3, -0.25) is 9.52 Å². The molecular weight excluding hydrogens is 466 g/mol. The number of primary amides is 1. The predicted octanol–water partition coefficient (Wildman–Crippen LogP) is 2.34. The molecule has 31 heavy (non-hydrogen) atoms. The molecule has 0 fully saturated rings. The van der Waals surface area contributed by atoms with Crippen molar-refractivity contribution in [3.05, 3.63) is 47.0 Å².